The Labute approximate surface area is 151 Å². The molecular weight excluding hydrogens is 354 g/mol. The first-order valence-electron chi connectivity index (χ1n) is 8.57. The van der Waals surface area contributed by atoms with E-state index < -0.39 is 17.2 Å². The van der Waals surface area contributed by atoms with Gasteiger partial charge >= 0.3 is 0 Å². The number of anilines is 1. The van der Waals surface area contributed by atoms with E-state index in [4.69, 9.17) is 5.73 Å². The molecular formula is C17H16F2N8. The lowest BCUT2D eigenvalue weighted by molar-refractivity contribution is 0.326. The van der Waals surface area contributed by atoms with Crippen molar-refractivity contribution < 1.29 is 8.78 Å². The van der Waals surface area contributed by atoms with E-state index in [1.807, 2.05) is 0 Å². The SMILES string of the molecule is NC1(c2nc3cc(F)cc(F)c3[nH]2)CCN(c2ncnc3[nH]ncc23)CC1. The number of fused-ring (bicyclic) bond motifs is 2. The minimum absolute atomic E-state index is 0.176. The van der Waals surface area contributed by atoms with Gasteiger partial charge in [-0.2, -0.15) is 5.10 Å². The fourth-order valence-corrected chi connectivity index (χ4v) is 3.63. The molecule has 0 amide bonds. The maximum absolute atomic E-state index is 14.0. The molecule has 4 N–H and O–H groups in total. The molecule has 0 bridgehead atoms. The van der Waals surface area contributed by atoms with Crippen LogP contribution in [0.4, 0.5) is 14.6 Å². The topological polar surface area (TPSA) is 112 Å². The largest absolute Gasteiger partial charge is 0.356 e. The Hall–Kier alpha value is -3.14. The van der Waals surface area contributed by atoms with Gasteiger partial charge in [0.15, 0.2) is 11.5 Å². The molecule has 4 heterocycles. The maximum atomic E-state index is 14.0. The number of nitrogens with one attached hydrogen (secondary N) is 2. The molecule has 1 aromatic carbocycles. The predicted octanol–water partition coefficient (Wildman–Crippen LogP) is 1.96. The molecule has 0 saturated carbocycles. The van der Waals surface area contributed by atoms with Gasteiger partial charge in [0, 0.05) is 25.2 Å². The summed E-state index contributed by atoms with van der Waals surface area (Å²) in [6, 6.07) is 2.04. The van der Waals surface area contributed by atoms with Crippen molar-refractivity contribution >= 4 is 27.9 Å². The summed E-state index contributed by atoms with van der Waals surface area (Å²) in [5, 5.41) is 7.70. The summed E-state index contributed by atoms with van der Waals surface area (Å²) >= 11 is 0. The molecule has 1 fully saturated rings. The zero-order valence-electron chi connectivity index (χ0n) is 14.2. The van der Waals surface area contributed by atoms with Crippen molar-refractivity contribution in [3.8, 4) is 0 Å². The Bertz CT molecular complexity index is 1140. The third-order valence-electron chi connectivity index (χ3n) is 5.16. The molecule has 1 saturated heterocycles. The molecule has 27 heavy (non-hydrogen) atoms. The van der Waals surface area contributed by atoms with Gasteiger partial charge in [-0.25, -0.2) is 23.7 Å². The van der Waals surface area contributed by atoms with Crippen molar-refractivity contribution in [1.29, 1.82) is 0 Å². The number of H-pyrrole nitrogens is 2. The van der Waals surface area contributed by atoms with Crippen LogP contribution in [0.3, 0.4) is 0 Å². The average molecular weight is 370 g/mol. The number of hydrogen-bond acceptors (Lipinski definition) is 6. The van der Waals surface area contributed by atoms with Crippen LogP contribution < -0.4 is 10.6 Å². The summed E-state index contributed by atoms with van der Waals surface area (Å²) < 4.78 is 27.4. The number of benzene rings is 1. The number of piperidine rings is 1. The van der Waals surface area contributed by atoms with E-state index in [0.29, 0.717) is 37.4 Å². The minimum atomic E-state index is -0.749. The normalized spacial score (nSPS) is 17.1. The summed E-state index contributed by atoms with van der Waals surface area (Å²) in [6.45, 7) is 1.28. The molecule has 138 valence electrons. The van der Waals surface area contributed by atoms with E-state index in [1.54, 1.807) is 6.20 Å². The number of imidazole rings is 1. The van der Waals surface area contributed by atoms with E-state index in [-0.39, 0.29) is 11.0 Å². The van der Waals surface area contributed by atoms with Gasteiger partial charge in [0.1, 0.15) is 29.3 Å². The van der Waals surface area contributed by atoms with E-state index in [1.165, 1.54) is 12.4 Å². The first-order valence-corrected chi connectivity index (χ1v) is 8.57. The molecule has 4 aromatic rings. The number of nitrogens with zero attached hydrogens (tertiary/aromatic N) is 5. The highest BCUT2D eigenvalue weighted by molar-refractivity contribution is 5.86. The lowest BCUT2D eigenvalue weighted by Gasteiger charge is -2.38. The number of hydrogen-bond donors (Lipinski definition) is 3. The van der Waals surface area contributed by atoms with Crippen molar-refractivity contribution in [3.05, 3.63) is 42.1 Å². The highest BCUT2D eigenvalue weighted by Crippen LogP contribution is 2.33. The summed E-state index contributed by atoms with van der Waals surface area (Å²) in [6.07, 6.45) is 4.36. The molecule has 1 aliphatic heterocycles. The molecule has 0 radical (unpaired) electrons. The van der Waals surface area contributed by atoms with Crippen LogP contribution in [0.25, 0.3) is 22.1 Å². The molecule has 3 aromatic heterocycles. The summed E-state index contributed by atoms with van der Waals surface area (Å²) in [4.78, 5) is 17.9. The molecule has 1 aliphatic rings. The van der Waals surface area contributed by atoms with Crippen LogP contribution in [0.5, 0.6) is 0 Å². The molecule has 0 aliphatic carbocycles. The van der Waals surface area contributed by atoms with E-state index in [9.17, 15) is 8.78 Å². The number of aromatic nitrogens is 6. The number of rotatable bonds is 2. The summed E-state index contributed by atoms with van der Waals surface area (Å²) in [5.74, 6) is -0.0636. The number of nitrogens with two attached hydrogens (primary N) is 1. The van der Waals surface area contributed by atoms with Crippen LogP contribution in [0.2, 0.25) is 0 Å². The van der Waals surface area contributed by atoms with Gasteiger partial charge in [-0.15, -0.1) is 0 Å². The van der Waals surface area contributed by atoms with Crippen molar-refractivity contribution in [1.82, 2.24) is 30.1 Å². The van der Waals surface area contributed by atoms with E-state index >= 15 is 0 Å². The number of aromatic amines is 2. The Balaban J connectivity index is 1.44. The van der Waals surface area contributed by atoms with Crippen LogP contribution in [0.1, 0.15) is 18.7 Å². The van der Waals surface area contributed by atoms with Crippen LogP contribution in [-0.2, 0) is 5.54 Å². The molecule has 8 nitrogen and oxygen atoms in total. The van der Waals surface area contributed by atoms with Crippen LogP contribution >= 0.6 is 0 Å². The highest BCUT2D eigenvalue weighted by atomic mass is 19.1. The number of halogens is 2. The third kappa shape index (κ3) is 2.52. The van der Waals surface area contributed by atoms with Gasteiger partial charge < -0.3 is 15.6 Å². The first-order chi connectivity index (χ1) is 13.0. The fraction of sp³-hybridized carbons (Fsp3) is 0.294. The van der Waals surface area contributed by atoms with Gasteiger partial charge in [-0.3, -0.25) is 5.10 Å². The zero-order valence-corrected chi connectivity index (χ0v) is 14.2. The van der Waals surface area contributed by atoms with Crippen LogP contribution in [-0.4, -0.2) is 43.2 Å². The lowest BCUT2D eigenvalue weighted by atomic mass is 9.88. The van der Waals surface area contributed by atoms with E-state index in [0.717, 1.165) is 17.3 Å². The molecule has 0 spiro atoms. The Morgan fingerprint density at radius 3 is 2.78 bits per heavy atom. The standard InChI is InChI=1S/C17H16F2N8/c18-9-5-11(19)13-12(6-9)24-16(25-13)17(20)1-3-27(4-2-17)15-10-7-23-26-14(10)21-8-22-15/h5-8H,1-4,20H2,(H,24,25)(H,21,22,23,26). The first kappa shape index (κ1) is 16.1. The van der Waals surface area contributed by atoms with Gasteiger partial charge in [0.2, 0.25) is 0 Å². The van der Waals surface area contributed by atoms with Gasteiger partial charge in [-0.05, 0) is 12.8 Å². The third-order valence-corrected chi connectivity index (χ3v) is 5.16. The molecule has 0 unspecified atom stereocenters. The smallest absolute Gasteiger partial charge is 0.160 e. The quantitative estimate of drug-likeness (QED) is 0.497. The predicted molar refractivity (Wildman–Crippen MR) is 95.0 cm³/mol. The fourth-order valence-electron chi connectivity index (χ4n) is 3.63. The van der Waals surface area contributed by atoms with Crippen LogP contribution in [0, 0.1) is 11.6 Å². The zero-order chi connectivity index (χ0) is 18.6. The van der Waals surface area contributed by atoms with E-state index in [2.05, 4.69) is 35.0 Å². The van der Waals surface area contributed by atoms with Gasteiger partial charge in [0.05, 0.1) is 22.6 Å². The highest BCUT2D eigenvalue weighted by Gasteiger charge is 2.36. The van der Waals surface area contributed by atoms with Crippen molar-refractivity contribution in [3.63, 3.8) is 0 Å². The van der Waals surface area contributed by atoms with Crippen molar-refractivity contribution in [2.45, 2.75) is 18.4 Å². The summed E-state index contributed by atoms with van der Waals surface area (Å²) in [7, 11) is 0. The molecule has 10 heteroatoms. The van der Waals surface area contributed by atoms with Gasteiger partial charge in [-0.1, -0.05) is 0 Å². The second-order valence-electron chi connectivity index (χ2n) is 6.84. The second-order valence-corrected chi connectivity index (χ2v) is 6.84. The second kappa shape index (κ2) is 5.68. The Kier molecular flexibility index (Phi) is 3.38. The summed E-state index contributed by atoms with van der Waals surface area (Å²) in [5.41, 5.74) is 6.93. The maximum Gasteiger partial charge on any atom is 0.160 e. The monoisotopic (exact) mass is 370 g/mol. The average Bonchev–Trinajstić information content (AvgIpc) is 3.29. The molecule has 0 atom stereocenters. The Morgan fingerprint density at radius 1 is 1.15 bits per heavy atom. The Morgan fingerprint density at radius 2 is 1.96 bits per heavy atom. The lowest BCUT2D eigenvalue weighted by Crippen LogP contribution is -2.49. The van der Waals surface area contributed by atoms with Crippen molar-refractivity contribution in [2.75, 3.05) is 18.0 Å². The van der Waals surface area contributed by atoms with Crippen molar-refractivity contribution in [2.24, 2.45) is 5.73 Å². The minimum Gasteiger partial charge on any atom is -0.356 e. The molecule has 5 rings (SSSR count). The van der Waals surface area contributed by atoms with Crippen LogP contribution in [0.15, 0.2) is 24.7 Å². The van der Waals surface area contributed by atoms with Gasteiger partial charge in [0.25, 0.3) is 0 Å².